The van der Waals surface area contributed by atoms with Crippen LogP contribution in [0.15, 0.2) is 39.5 Å². The first-order valence-corrected chi connectivity index (χ1v) is 9.31. The number of thioether (sulfide) groups is 2. The molecule has 0 radical (unpaired) electrons. The molecule has 0 amide bonds. The molecular formula is C16H17NOS3. The number of anilines is 1. The van der Waals surface area contributed by atoms with E-state index in [-0.39, 0.29) is 0 Å². The highest BCUT2D eigenvalue weighted by atomic mass is 32.2. The molecule has 0 bridgehead atoms. The van der Waals surface area contributed by atoms with Gasteiger partial charge in [-0.05, 0) is 55.1 Å². The van der Waals surface area contributed by atoms with Gasteiger partial charge in [0.05, 0.1) is 4.58 Å². The molecule has 0 saturated heterocycles. The van der Waals surface area contributed by atoms with E-state index >= 15 is 0 Å². The molecule has 0 spiro atoms. The average molecular weight is 336 g/mol. The van der Waals surface area contributed by atoms with E-state index in [1.807, 2.05) is 0 Å². The second-order valence-corrected chi connectivity index (χ2v) is 7.46. The Kier molecular flexibility index (Phi) is 4.62. The monoisotopic (exact) mass is 335 g/mol. The Morgan fingerprint density at radius 2 is 1.86 bits per heavy atom. The lowest BCUT2D eigenvalue weighted by Gasteiger charge is -2.21. The highest BCUT2D eigenvalue weighted by molar-refractivity contribution is 8.21. The van der Waals surface area contributed by atoms with Crippen LogP contribution < -0.4 is 4.90 Å². The van der Waals surface area contributed by atoms with Crippen molar-refractivity contribution in [2.24, 2.45) is 0 Å². The topological polar surface area (TPSA) is 16.4 Å². The molecule has 0 N–H and O–H groups in total. The molecule has 3 rings (SSSR count). The minimum Gasteiger partial charge on any atom is -0.445 e. The molecule has 0 aliphatic carbocycles. The molecule has 2 nitrogen and oxygen atoms in total. The minimum atomic E-state index is 0.327. The fraction of sp³-hybridized carbons (Fsp3) is 0.312. The van der Waals surface area contributed by atoms with Crippen molar-refractivity contribution in [1.29, 1.82) is 0 Å². The van der Waals surface area contributed by atoms with Crippen LogP contribution in [0.4, 0.5) is 5.69 Å². The Morgan fingerprint density at radius 3 is 2.52 bits per heavy atom. The zero-order chi connectivity index (χ0) is 14.8. The van der Waals surface area contributed by atoms with Crippen molar-refractivity contribution in [3.05, 3.63) is 45.4 Å². The van der Waals surface area contributed by atoms with Gasteiger partial charge in [-0.3, -0.25) is 0 Å². The second-order valence-electron chi connectivity index (χ2n) is 4.76. The van der Waals surface area contributed by atoms with Gasteiger partial charge < -0.3 is 9.32 Å². The fourth-order valence-corrected chi connectivity index (χ4v) is 4.95. The first-order chi connectivity index (χ1) is 10.2. The van der Waals surface area contributed by atoms with Crippen molar-refractivity contribution < 1.29 is 4.42 Å². The highest BCUT2D eigenvalue weighted by Gasteiger charge is 2.18. The SMILES string of the molecule is CCN(CC)c1ccc2cc(C3SC=CS3)c(=S)oc2c1. The number of benzene rings is 1. The van der Waals surface area contributed by atoms with Crippen molar-refractivity contribution in [3.63, 3.8) is 0 Å². The Balaban J connectivity index is 2.04. The van der Waals surface area contributed by atoms with Gasteiger partial charge in [0.2, 0.25) is 0 Å². The van der Waals surface area contributed by atoms with Gasteiger partial charge in [0.15, 0.2) is 4.71 Å². The van der Waals surface area contributed by atoms with E-state index in [9.17, 15) is 0 Å². The van der Waals surface area contributed by atoms with Gasteiger partial charge in [-0.2, -0.15) is 0 Å². The van der Waals surface area contributed by atoms with Crippen LogP contribution >= 0.6 is 35.7 Å². The fourth-order valence-electron chi connectivity index (χ4n) is 2.45. The summed E-state index contributed by atoms with van der Waals surface area (Å²) < 4.78 is 6.85. The van der Waals surface area contributed by atoms with Crippen LogP contribution in [-0.4, -0.2) is 13.1 Å². The number of nitrogens with zero attached hydrogens (tertiary/aromatic N) is 1. The average Bonchev–Trinajstić information content (AvgIpc) is 3.01. The third-order valence-corrected chi connectivity index (χ3v) is 6.34. The van der Waals surface area contributed by atoms with Gasteiger partial charge in [0.25, 0.3) is 0 Å². The number of fused-ring (bicyclic) bond motifs is 1. The second kappa shape index (κ2) is 6.46. The van der Waals surface area contributed by atoms with Crippen molar-refractivity contribution >= 4 is 52.4 Å². The van der Waals surface area contributed by atoms with Crippen LogP contribution in [0.1, 0.15) is 24.0 Å². The predicted molar refractivity (Wildman–Crippen MR) is 97.7 cm³/mol. The van der Waals surface area contributed by atoms with Crippen LogP contribution in [0.5, 0.6) is 0 Å². The van der Waals surface area contributed by atoms with E-state index in [0.717, 1.165) is 29.6 Å². The summed E-state index contributed by atoms with van der Waals surface area (Å²) in [7, 11) is 0. The summed E-state index contributed by atoms with van der Waals surface area (Å²) in [5.41, 5.74) is 3.16. The maximum absolute atomic E-state index is 5.92. The molecule has 0 fully saturated rings. The zero-order valence-corrected chi connectivity index (χ0v) is 14.5. The molecule has 0 unspecified atom stereocenters. The zero-order valence-electron chi connectivity index (χ0n) is 12.0. The molecule has 1 aliphatic rings. The van der Waals surface area contributed by atoms with Crippen LogP contribution in [0.2, 0.25) is 0 Å². The van der Waals surface area contributed by atoms with Crippen molar-refractivity contribution in [3.8, 4) is 0 Å². The summed E-state index contributed by atoms with van der Waals surface area (Å²) in [5, 5.41) is 5.33. The number of rotatable bonds is 4. The third-order valence-electron chi connectivity index (χ3n) is 3.59. The van der Waals surface area contributed by atoms with E-state index in [1.165, 1.54) is 5.69 Å². The lowest BCUT2D eigenvalue weighted by Crippen LogP contribution is -2.21. The molecule has 0 atom stereocenters. The van der Waals surface area contributed by atoms with E-state index in [4.69, 9.17) is 16.6 Å². The summed E-state index contributed by atoms with van der Waals surface area (Å²) in [6.45, 7) is 6.30. The molecule has 2 heterocycles. The van der Waals surface area contributed by atoms with Gasteiger partial charge in [-0.15, -0.1) is 23.5 Å². The molecular weight excluding hydrogens is 318 g/mol. The minimum absolute atomic E-state index is 0.327. The maximum atomic E-state index is 5.92. The quantitative estimate of drug-likeness (QED) is 0.639. The normalized spacial score (nSPS) is 15.0. The van der Waals surface area contributed by atoms with Gasteiger partial charge in [-0.25, -0.2) is 0 Å². The summed E-state index contributed by atoms with van der Waals surface area (Å²) in [6, 6.07) is 8.55. The molecule has 1 aliphatic heterocycles. The Morgan fingerprint density at radius 1 is 1.14 bits per heavy atom. The van der Waals surface area contributed by atoms with Gasteiger partial charge in [-0.1, -0.05) is 0 Å². The van der Waals surface area contributed by atoms with Crippen LogP contribution in [0, 0.1) is 4.71 Å². The van der Waals surface area contributed by atoms with Crippen LogP contribution in [0.25, 0.3) is 11.0 Å². The Labute approximate surface area is 138 Å². The van der Waals surface area contributed by atoms with Crippen molar-refractivity contribution in [2.45, 2.75) is 18.4 Å². The molecule has 5 heteroatoms. The molecule has 21 heavy (non-hydrogen) atoms. The predicted octanol–water partition coefficient (Wildman–Crippen LogP) is 5.96. The maximum Gasteiger partial charge on any atom is 0.196 e. The van der Waals surface area contributed by atoms with Gasteiger partial charge in [0.1, 0.15) is 5.58 Å². The van der Waals surface area contributed by atoms with Crippen molar-refractivity contribution in [2.75, 3.05) is 18.0 Å². The summed E-state index contributed by atoms with van der Waals surface area (Å²) in [4.78, 5) is 2.30. The third kappa shape index (κ3) is 3.00. The first-order valence-electron chi connectivity index (χ1n) is 7.01. The van der Waals surface area contributed by atoms with Gasteiger partial charge >= 0.3 is 0 Å². The standard InChI is InChI=1S/C16H17NOS3/c1-3-17(4-2)12-6-5-11-9-13(16-20-7-8-21-16)15(19)18-14(11)10-12/h5-10,16H,3-4H2,1-2H3. The molecule has 1 aromatic carbocycles. The van der Waals surface area contributed by atoms with Crippen molar-refractivity contribution in [1.82, 2.24) is 0 Å². The van der Waals surface area contributed by atoms with E-state index < -0.39 is 0 Å². The largest absolute Gasteiger partial charge is 0.445 e. The van der Waals surface area contributed by atoms with Crippen LogP contribution in [0.3, 0.4) is 0 Å². The van der Waals surface area contributed by atoms with E-state index in [2.05, 4.69) is 53.8 Å². The number of hydrogen-bond acceptors (Lipinski definition) is 5. The molecule has 110 valence electrons. The highest BCUT2D eigenvalue weighted by Crippen LogP contribution is 2.47. The first kappa shape index (κ1) is 15.0. The lowest BCUT2D eigenvalue weighted by atomic mass is 10.1. The van der Waals surface area contributed by atoms with Crippen LogP contribution in [-0.2, 0) is 0 Å². The molecule has 1 aromatic heterocycles. The van der Waals surface area contributed by atoms with E-state index in [1.54, 1.807) is 23.5 Å². The number of hydrogen-bond donors (Lipinski definition) is 0. The molecule has 2 aromatic rings. The van der Waals surface area contributed by atoms with Gasteiger partial charge in [0, 0.05) is 35.8 Å². The lowest BCUT2D eigenvalue weighted by molar-refractivity contribution is 0.580. The summed E-state index contributed by atoms with van der Waals surface area (Å²) >= 11 is 9.01. The van der Waals surface area contributed by atoms with E-state index in [0.29, 0.717) is 9.29 Å². The smallest absolute Gasteiger partial charge is 0.196 e. The summed E-state index contributed by atoms with van der Waals surface area (Å²) in [6.07, 6.45) is 0. The Hall–Kier alpha value is -0.910. The summed E-state index contributed by atoms with van der Waals surface area (Å²) in [5.74, 6) is 0. The molecule has 0 saturated carbocycles. The Bertz CT molecular complexity index is 726.